The zero-order valence-electron chi connectivity index (χ0n) is 23.3. The number of hydrogen-bond donors (Lipinski definition) is 1. The van der Waals surface area contributed by atoms with Gasteiger partial charge in [0.25, 0.3) is 5.91 Å². The number of nitrogens with zero attached hydrogens (tertiary/aromatic N) is 2. The number of carbonyl (C=O) groups excluding carboxylic acids is 1. The summed E-state index contributed by atoms with van der Waals surface area (Å²) >= 11 is 6.65. The van der Waals surface area contributed by atoms with Gasteiger partial charge >= 0.3 is 0 Å². The number of benzene rings is 1. The molecule has 4 nitrogen and oxygen atoms in total. The topological polar surface area (TPSA) is 46.9 Å². The van der Waals surface area contributed by atoms with Crippen molar-refractivity contribution in [2.24, 2.45) is 17.8 Å². The summed E-state index contributed by atoms with van der Waals surface area (Å²) in [6, 6.07) is 9.03. The predicted octanol–water partition coefficient (Wildman–Crippen LogP) is 8.43. The Hall–Kier alpha value is -1.81. The maximum Gasteiger partial charge on any atom is 0.272 e. The summed E-state index contributed by atoms with van der Waals surface area (Å²) in [7, 11) is 0. The lowest BCUT2D eigenvalue weighted by Gasteiger charge is -2.45. The van der Waals surface area contributed by atoms with E-state index in [0.29, 0.717) is 29.8 Å². The van der Waals surface area contributed by atoms with Crippen LogP contribution in [0.1, 0.15) is 136 Å². The molecule has 1 heterocycles. The molecule has 206 valence electrons. The lowest BCUT2D eigenvalue weighted by atomic mass is 9.64. The van der Waals surface area contributed by atoms with Gasteiger partial charge in [0.1, 0.15) is 0 Å². The van der Waals surface area contributed by atoms with Crippen molar-refractivity contribution in [2.45, 2.75) is 128 Å². The van der Waals surface area contributed by atoms with Gasteiger partial charge in [0.2, 0.25) is 0 Å². The molecule has 1 aromatic carbocycles. The van der Waals surface area contributed by atoms with Crippen molar-refractivity contribution in [2.75, 3.05) is 0 Å². The minimum Gasteiger partial charge on any atom is -0.347 e. The van der Waals surface area contributed by atoms with Gasteiger partial charge in [-0.3, -0.25) is 9.48 Å². The van der Waals surface area contributed by atoms with Gasteiger partial charge in [0, 0.05) is 28.2 Å². The predicted molar refractivity (Wildman–Crippen MR) is 155 cm³/mol. The van der Waals surface area contributed by atoms with E-state index in [-0.39, 0.29) is 5.91 Å². The Kier molecular flexibility index (Phi) is 8.16. The molecule has 4 aliphatic rings. The number of fused-ring (bicyclic) bond motifs is 3. The van der Waals surface area contributed by atoms with E-state index in [1.54, 1.807) is 0 Å². The average Bonchev–Trinajstić information content (AvgIpc) is 3.21. The maximum absolute atomic E-state index is 14.1. The maximum atomic E-state index is 14.1. The Balaban J connectivity index is 1.35. The molecule has 6 rings (SSSR count). The van der Waals surface area contributed by atoms with Crippen molar-refractivity contribution in [3.63, 3.8) is 0 Å². The van der Waals surface area contributed by atoms with Crippen LogP contribution in [-0.2, 0) is 12.8 Å². The first-order valence-electron chi connectivity index (χ1n) is 15.8. The zero-order chi connectivity index (χ0) is 26.1. The smallest absolute Gasteiger partial charge is 0.272 e. The summed E-state index contributed by atoms with van der Waals surface area (Å²) in [4.78, 5) is 14.1. The van der Waals surface area contributed by atoms with Gasteiger partial charge in [-0.15, -0.1) is 0 Å². The number of rotatable bonds is 6. The van der Waals surface area contributed by atoms with E-state index in [1.807, 2.05) is 12.1 Å². The number of carbonyl (C=O) groups is 1. The second-order valence-corrected chi connectivity index (χ2v) is 13.3. The summed E-state index contributed by atoms with van der Waals surface area (Å²) in [6.07, 6.45) is 19.3. The van der Waals surface area contributed by atoms with Gasteiger partial charge in [-0.05, 0) is 87.2 Å². The average molecular weight is 536 g/mol. The molecule has 0 aliphatic heterocycles. The van der Waals surface area contributed by atoms with E-state index in [2.05, 4.69) is 29.1 Å². The molecule has 5 atom stereocenters. The third-order valence-electron chi connectivity index (χ3n) is 10.5. The molecule has 38 heavy (non-hydrogen) atoms. The monoisotopic (exact) mass is 535 g/mol. The highest BCUT2D eigenvalue weighted by atomic mass is 35.5. The summed E-state index contributed by atoms with van der Waals surface area (Å²) in [5, 5.41) is 9.71. The summed E-state index contributed by atoms with van der Waals surface area (Å²) in [5.74, 6) is 2.58. The Morgan fingerprint density at radius 1 is 1.00 bits per heavy atom. The van der Waals surface area contributed by atoms with Crippen LogP contribution < -0.4 is 5.32 Å². The molecule has 2 bridgehead atoms. The van der Waals surface area contributed by atoms with E-state index in [0.717, 1.165) is 48.7 Å². The molecule has 3 saturated carbocycles. The highest BCUT2D eigenvalue weighted by molar-refractivity contribution is 6.31. The van der Waals surface area contributed by atoms with E-state index in [1.165, 1.54) is 87.4 Å². The number of halogens is 1. The molecule has 5 heteroatoms. The highest BCUT2D eigenvalue weighted by Gasteiger charge is 2.41. The van der Waals surface area contributed by atoms with E-state index in [4.69, 9.17) is 16.7 Å². The Bertz CT molecular complexity index is 1120. The molecule has 1 aromatic heterocycles. The molecule has 2 aromatic rings. The number of amides is 1. The Morgan fingerprint density at radius 3 is 2.63 bits per heavy atom. The fourth-order valence-corrected chi connectivity index (χ4v) is 8.83. The third-order valence-corrected chi connectivity index (χ3v) is 10.9. The largest absolute Gasteiger partial charge is 0.347 e. The Labute approximate surface area is 234 Å². The van der Waals surface area contributed by atoms with Gasteiger partial charge in [-0.1, -0.05) is 81.7 Å². The molecule has 1 amide bonds. The van der Waals surface area contributed by atoms with Crippen LogP contribution in [0.25, 0.3) is 0 Å². The molecule has 4 aliphatic carbocycles. The zero-order valence-corrected chi connectivity index (χ0v) is 24.0. The second kappa shape index (κ2) is 11.7. The van der Waals surface area contributed by atoms with Crippen molar-refractivity contribution >= 4 is 17.5 Å². The lowest BCUT2D eigenvalue weighted by Crippen LogP contribution is -2.50. The number of nitrogens with one attached hydrogen (secondary N) is 1. The fourth-order valence-electron chi connectivity index (χ4n) is 8.61. The van der Waals surface area contributed by atoms with Crippen molar-refractivity contribution in [1.29, 1.82) is 0 Å². The van der Waals surface area contributed by atoms with Crippen LogP contribution in [-0.4, -0.2) is 21.7 Å². The van der Waals surface area contributed by atoms with Crippen molar-refractivity contribution in [1.82, 2.24) is 15.1 Å². The minimum atomic E-state index is 0.0988. The first-order chi connectivity index (χ1) is 18.6. The quantitative estimate of drug-likeness (QED) is 0.377. The van der Waals surface area contributed by atoms with Crippen LogP contribution in [0.2, 0.25) is 5.02 Å². The van der Waals surface area contributed by atoms with E-state index >= 15 is 0 Å². The number of hydrogen-bond acceptors (Lipinski definition) is 2. The molecule has 1 N–H and O–H groups in total. The molecular weight excluding hydrogens is 490 g/mol. The summed E-state index contributed by atoms with van der Waals surface area (Å²) in [5.41, 5.74) is 4.56. The number of aromatic nitrogens is 2. The minimum absolute atomic E-state index is 0.0988. The molecule has 3 fully saturated rings. The van der Waals surface area contributed by atoms with Gasteiger partial charge in [-0.2, -0.15) is 5.10 Å². The van der Waals surface area contributed by atoms with Gasteiger partial charge < -0.3 is 5.32 Å². The Morgan fingerprint density at radius 2 is 1.82 bits per heavy atom. The van der Waals surface area contributed by atoms with Gasteiger partial charge in [0.05, 0.1) is 6.04 Å². The van der Waals surface area contributed by atoms with Crippen LogP contribution in [0.3, 0.4) is 0 Å². The highest BCUT2D eigenvalue weighted by Crippen LogP contribution is 2.44. The van der Waals surface area contributed by atoms with Gasteiger partial charge in [-0.25, -0.2) is 0 Å². The van der Waals surface area contributed by atoms with E-state index < -0.39 is 0 Å². The molecule has 0 radical (unpaired) electrons. The molecule has 0 saturated heterocycles. The molecule has 0 spiro atoms. The fraction of sp³-hybridized carbons (Fsp3) is 0.697. The summed E-state index contributed by atoms with van der Waals surface area (Å²) < 4.78 is 2.35. The van der Waals surface area contributed by atoms with Crippen molar-refractivity contribution in [3.05, 3.63) is 51.8 Å². The molecule has 5 unspecified atom stereocenters. The lowest BCUT2D eigenvalue weighted by molar-refractivity contribution is 0.0675. The van der Waals surface area contributed by atoms with Crippen molar-refractivity contribution in [3.8, 4) is 0 Å². The van der Waals surface area contributed by atoms with Crippen LogP contribution in [0.4, 0.5) is 0 Å². The van der Waals surface area contributed by atoms with Gasteiger partial charge in [0.15, 0.2) is 5.69 Å². The normalized spacial score (nSPS) is 29.9. The summed E-state index contributed by atoms with van der Waals surface area (Å²) in [6.45, 7) is 2.31. The SMILES string of the molecule is CCC1CC2CCCC(C2)C1NC(=O)c1nn(C2CCCCC2)c2c1CCCCC2Cc1ccccc1Cl. The molecular formula is C33H46ClN3O. The third kappa shape index (κ3) is 5.31. The second-order valence-electron chi connectivity index (χ2n) is 12.9. The van der Waals surface area contributed by atoms with Crippen molar-refractivity contribution < 1.29 is 4.79 Å². The van der Waals surface area contributed by atoms with Crippen LogP contribution >= 0.6 is 11.6 Å². The standard InChI is InChI=1S/C33H46ClN3O/c1-2-23-19-22-11-10-14-25(20-22)30(23)35-33(38)31-28-17-8-6-13-26(21-24-12-7-9-18-29(24)34)32(28)37(36-31)27-15-4-3-5-16-27/h7,9,12,18,22-23,25-27,30H,2-6,8,10-11,13-17,19-21H2,1H3,(H,35,38). The first-order valence-corrected chi connectivity index (χ1v) is 16.2. The van der Waals surface area contributed by atoms with Crippen LogP contribution in [0, 0.1) is 17.8 Å². The van der Waals surface area contributed by atoms with Crippen LogP contribution in [0.5, 0.6) is 0 Å². The van der Waals surface area contributed by atoms with Crippen LogP contribution in [0.15, 0.2) is 24.3 Å². The van der Waals surface area contributed by atoms with E-state index in [9.17, 15) is 4.79 Å². The first kappa shape index (κ1) is 26.4.